The number of hydrogen-bond donors (Lipinski definition) is 1. The fraction of sp³-hybridized carbons (Fsp3) is 0.0769. The van der Waals surface area contributed by atoms with Crippen LogP contribution in [0.1, 0.15) is 26.5 Å². The molecule has 0 saturated carbocycles. The summed E-state index contributed by atoms with van der Waals surface area (Å²) in [5.74, 6) is -1.55. The first-order valence-electron chi connectivity index (χ1n) is 5.25. The van der Waals surface area contributed by atoms with E-state index in [0.29, 0.717) is 11.3 Å². The van der Waals surface area contributed by atoms with Crippen LogP contribution in [0.2, 0.25) is 0 Å². The maximum atomic E-state index is 11.7. The molecule has 2 aromatic rings. The van der Waals surface area contributed by atoms with Gasteiger partial charge < -0.3 is 19.6 Å². The van der Waals surface area contributed by atoms with E-state index in [1.165, 1.54) is 24.5 Å². The lowest BCUT2D eigenvalue weighted by Crippen LogP contribution is -2.24. The molecule has 0 fully saturated rings. The Morgan fingerprint density at radius 2 is 2.00 bits per heavy atom. The van der Waals surface area contributed by atoms with E-state index >= 15 is 0 Å². The smallest absolute Gasteiger partial charge is 0.291 e. The number of amides is 1. The van der Waals surface area contributed by atoms with Gasteiger partial charge in [0.05, 0.1) is 12.2 Å². The molecule has 0 aliphatic heterocycles. The molecule has 2 rings (SSSR count). The second-order valence-electron chi connectivity index (χ2n) is 3.70. The highest BCUT2D eigenvalue weighted by atomic mass is 16.4. The van der Waals surface area contributed by atoms with Crippen molar-refractivity contribution in [2.24, 2.45) is 0 Å². The fourth-order valence-corrected chi connectivity index (χ4v) is 1.58. The maximum Gasteiger partial charge on any atom is 0.291 e. The Labute approximate surface area is 103 Å². The summed E-state index contributed by atoms with van der Waals surface area (Å²) < 4.78 is 4.94. The maximum absolute atomic E-state index is 11.7. The van der Waals surface area contributed by atoms with Crippen molar-refractivity contribution in [3.05, 3.63) is 53.5 Å². The van der Waals surface area contributed by atoms with Gasteiger partial charge in [0.25, 0.3) is 5.91 Å². The molecule has 0 bridgehead atoms. The number of rotatable bonds is 3. The average Bonchev–Trinajstić information content (AvgIpc) is 2.85. The van der Waals surface area contributed by atoms with E-state index in [-0.39, 0.29) is 11.3 Å². The normalized spacial score (nSPS) is 10.1. The zero-order chi connectivity index (χ0) is 13.1. The summed E-state index contributed by atoms with van der Waals surface area (Å²) in [7, 11) is 0. The first-order chi connectivity index (χ1) is 8.59. The molecule has 1 N–H and O–H groups in total. The SMILES string of the molecule is Cc1c(NC(=O)c2ccco2)cccc1C(=O)[O-]. The molecule has 5 heteroatoms. The third kappa shape index (κ3) is 2.24. The van der Waals surface area contributed by atoms with E-state index in [0.717, 1.165) is 0 Å². The summed E-state index contributed by atoms with van der Waals surface area (Å²) in [6.45, 7) is 1.60. The van der Waals surface area contributed by atoms with Crippen molar-refractivity contribution in [1.82, 2.24) is 0 Å². The molecule has 0 unspecified atom stereocenters. The Bertz CT molecular complexity index is 587. The van der Waals surface area contributed by atoms with Gasteiger partial charge in [-0.05, 0) is 30.7 Å². The van der Waals surface area contributed by atoms with Crippen LogP contribution in [0.3, 0.4) is 0 Å². The van der Waals surface area contributed by atoms with Crippen LogP contribution in [0, 0.1) is 6.92 Å². The number of furan rings is 1. The van der Waals surface area contributed by atoms with Crippen LogP contribution in [-0.2, 0) is 0 Å². The number of nitrogens with one attached hydrogen (secondary N) is 1. The minimum absolute atomic E-state index is 0.0484. The van der Waals surface area contributed by atoms with E-state index in [1.54, 1.807) is 19.1 Å². The predicted molar refractivity (Wildman–Crippen MR) is 62.2 cm³/mol. The second-order valence-corrected chi connectivity index (χ2v) is 3.70. The molecule has 92 valence electrons. The van der Waals surface area contributed by atoms with Gasteiger partial charge in [0, 0.05) is 11.3 Å². The minimum atomic E-state index is -1.28. The highest BCUT2D eigenvalue weighted by Gasteiger charge is 2.11. The van der Waals surface area contributed by atoms with Crippen molar-refractivity contribution in [3.63, 3.8) is 0 Å². The molecule has 1 heterocycles. The number of aromatic carboxylic acids is 1. The topological polar surface area (TPSA) is 82.4 Å². The van der Waals surface area contributed by atoms with E-state index in [1.807, 2.05) is 0 Å². The van der Waals surface area contributed by atoms with Gasteiger partial charge in [-0.25, -0.2) is 0 Å². The molecule has 0 atom stereocenters. The predicted octanol–water partition coefficient (Wildman–Crippen LogP) is 1.20. The summed E-state index contributed by atoms with van der Waals surface area (Å²) in [5, 5.41) is 13.4. The standard InChI is InChI=1S/C13H11NO4/c1-8-9(13(16)17)4-2-5-10(8)14-12(15)11-6-3-7-18-11/h2-7H,1H3,(H,14,15)(H,16,17)/p-1. The molecule has 0 saturated heterocycles. The number of carboxylic acid groups (broad SMARTS) is 1. The summed E-state index contributed by atoms with van der Waals surface area (Å²) in [5.41, 5.74) is 0.905. The summed E-state index contributed by atoms with van der Waals surface area (Å²) in [6.07, 6.45) is 1.39. The van der Waals surface area contributed by atoms with E-state index in [4.69, 9.17) is 4.42 Å². The van der Waals surface area contributed by atoms with Crippen LogP contribution < -0.4 is 10.4 Å². The third-order valence-electron chi connectivity index (χ3n) is 2.55. The summed E-state index contributed by atoms with van der Waals surface area (Å²) in [6, 6.07) is 7.69. The van der Waals surface area contributed by atoms with Gasteiger partial charge >= 0.3 is 0 Å². The van der Waals surface area contributed by atoms with Gasteiger partial charge in [-0.2, -0.15) is 0 Å². The number of hydrogen-bond acceptors (Lipinski definition) is 4. The van der Waals surface area contributed by atoms with Gasteiger partial charge in [0.15, 0.2) is 5.76 Å². The molecule has 1 amide bonds. The zero-order valence-electron chi connectivity index (χ0n) is 9.60. The number of carboxylic acids is 1. The molecule has 1 aromatic heterocycles. The lowest BCUT2D eigenvalue weighted by atomic mass is 10.1. The molecule has 18 heavy (non-hydrogen) atoms. The summed E-state index contributed by atoms with van der Waals surface area (Å²) >= 11 is 0. The lowest BCUT2D eigenvalue weighted by Gasteiger charge is -2.12. The fourth-order valence-electron chi connectivity index (χ4n) is 1.58. The Hall–Kier alpha value is -2.56. The van der Waals surface area contributed by atoms with Crippen LogP contribution >= 0.6 is 0 Å². The molecule has 1 aromatic carbocycles. The van der Waals surface area contributed by atoms with Crippen molar-refractivity contribution >= 4 is 17.6 Å². The lowest BCUT2D eigenvalue weighted by molar-refractivity contribution is -0.255. The van der Waals surface area contributed by atoms with Crippen molar-refractivity contribution in [2.75, 3.05) is 5.32 Å². The molecule has 0 aliphatic carbocycles. The number of carbonyl (C=O) groups excluding carboxylic acids is 2. The largest absolute Gasteiger partial charge is 0.545 e. The highest BCUT2D eigenvalue weighted by molar-refractivity contribution is 6.03. The highest BCUT2D eigenvalue weighted by Crippen LogP contribution is 2.19. The quantitative estimate of drug-likeness (QED) is 0.879. The van der Waals surface area contributed by atoms with Crippen molar-refractivity contribution in [3.8, 4) is 0 Å². The zero-order valence-corrected chi connectivity index (χ0v) is 9.60. The summed E-state index contributed by atoms with van der Waals surface area (Å²) in [4.78, 5) is 22.6. The first kappa shape index (κ1) is 11.9. The Kier molecular flexibility index (Phi) is 3.14. The van der Waals surface area contributed by atoms with E-state index < -0.39 is 11.9 Å². The van der Waals surface area contributed by atoms with Gasteiger partial charge in [-0.15, -0.1) is 0 Å². The monoisotopic (exact) mass is 244 g/mol. The molecule has 0 radical (unpaired) electrons. The van der Waals surface area contributed by atoms with Crippen LogP contribution in [0.15, 0.2) is 41.0 Å². The van der Waals surface area contributed by atoms with Gasteiger partial charge in [0.1, 0.15) is 0 Å². The van der Waals surface area contributed by atoms with Crippen molar-refractivity contribution in [2.45, 2.75) is 6.92 Å². The first-order valence-corrected chi connectivity index (χ1v) is 5.25. The van der Waals surface area contributed by atoms with Crippen LogP contribution in [0.5, 0.6) is 0 Å². The van der Waals surface area contributed by atoms with E-state index in [2.05, 4.69) is 5.32 Å². The Balaban J connectivity index is 2.27. The number of carbonyl (C=O) groups is 2. The van der Waals surface area contributed by atoms with Gasteiger partial charge in [0.2, 0.25) is 0 Å². The van der Waals surface area contributed by atoms with E-state index in [9.17, 15) is 14.7 Å². The van der Waals surface area contributed by atoms with Crippen LogP contribution in [0.25, 0.3) is 0 Å². The average molecular weight is 244 g/mol. The number of anilines is 1. The molecule has 5 nitrogen and oxygen atoms in total. The second kappa shape index (κ2) is 4.75. The minimum Gasteiger partial charge on any atom is -0.545 e. The molecular formula is C13H10NO4-. The van der Waals surface area contributed by atoms with Crippen LogP contribution in [0.4, 0.5) is 5.69 Å². The molecule has 0 aliphatic rings. The molecule has 0 spiro atoms. The third-order valence-corrected chi connectivity index (χ3v) is 2.55. The molecular weight excluding hydrogens is 234 g/mol. The van der Waals surface area contributed by atoms with Gasteiger partial charge in [-0.1, -0.05) is 12.1 Å². The van der Waals surface area contributed by atoms with Crippen molar-refractivity contribution < 1.29 is 19.1 Å². The van der Waals surface area contributed by atoms with Gasteiger partial charge in [-0.3, -0.25) is 4.79 Å². The number of benzene rings is 1. The van der Waals surface area contributed by atoms with Crippen LogP contribution in [-0.4, -0.2) is 11.9 Å². The Morgan fingerprint density at radius 1 is 1.22 bits per heavy atom. The van der Waals surface area contributed by atoms with Crippen molar-refractivity contribution in [1.29, 1.82) is 0 Å². The Morgan fingerprint density at radius 3 is 2.61 bits per heavy atom.